The van der Waals surface area contributed by atoms with E-state index in [1.165, 1.54) is 0 Å². The van der Waals surface area contributed by atoms with Gasteiger partial charge in [-0.3, -0.25) is 4.98 Å². The van der Waals surface area contributed by atoms with E-state index in [0.717, 1.165) is 34.6 Å². The quantitative estimate of drug-likeness (QED) is 0.372. The van der Waals surface area contributed by atoms with Gasteiger partial charge >= 0.3 is 0 Å². The Hall–Kier alpha value is -3.14. The maximum Gasteiger partial charge on any atom is 0.122 e. The number of hydrogen-bond donors (Lipinski definition) is 0. The maximum atomic E-state index is 5.61. The predicted octanol–water partition coefficient (Wildman–Crippen LogP) is 4.10. The molecule has 1 heterocycles. The van der Waals surface area contributed by atoms with Crippen molar-refractivity contribution in [2.24, 2.45) is 5.16 Å². The van der Waals surface area contributed by atoms with E-state index in [4.69, 9.17) is 9.57 Å². The summed E-state index contributed by atoms with van der Waals surface area (Å²) in [7, 11) is 1.67. The molecule has 0 fully saturated rings. The number of benzene rings is 2. The predicted molar refractivity (Wildman–Crippen MR) is 99.0 cm³/mol. The second-order valence-corrected chi connectivity index (χ2v) is 5.44. The minimum absolute atomic E-state index is 0.469. The molecule has 4 nitrogen and oxygen atoms in total. The van der Waals surface area contributed by atoms with Crippen molar-refractivity contribution in [3.05, 3.63) is 95.8 Å². The number of ether oxygens (including phenoxy) is 1. The summed E-state index contributed by atoms with van der Waals surface area (Å²) < 4.78 is 5.36. The molecule has 3 rings (SSSR count). The van der Waals surface area contributed by atoms with Gasteiger partial charge in [-0.15, -0.1) is 0 Å². The number of hydrogen-bond acceptors (Lipinski definition) is 4. The van der Waals surface area contributed by atoms with Gasteiger partial charge in [0.15, 0.2) is 0 Å². The van der Waals surface area contributed by atoms with Crippen molar-refractivity contribution in [3.8, 4) is 5.75 Å². The standard InChI is InChI=1S/C21H20N2O2/c1-24-20-12-6-5-8-17(20)13-15-25-23-21(18-9-3-2-4-10-18)19-11-7-14-22-16-19/h2-12,14,16H,13,15H2,1H3. The molecule has 126 valence electrons. The fourth-order valence-electron chi connectivity index (χ4n) is 2.55. The van der Waals surface area contributed by atoms with Gasteiger partial charge in [-0.1, -0.05) is 53.7 Å². The number of oxime groups is 1. The third-order valence-electron chi connectivity index (χ3n) is 3.79. The first-order chi connectivity index (χ1) is 12.4. The lowest BCUT2D eigenvalue weighted by Crippen LogP contribution is -2.06. The first-order valence-electron chi connectivity index (χ1n) is 8.16. The molecule has 0 aliphatic heterocycles. The summed E-state index contributed by atoms with van der Waals surface area (Å²) in [5.74, 6) is 0.866. The molecule has 0 spiro atoms. The Balaban J connectivity index is 1.74. The largest absolute Gasteiger partial charge is 0.496 e. The van der Waals surface area contributed by atoms with Gasteiger partial charge in [0.1, 0.15) is 18.1 Å². The summed E-state index contributed by atoms with van der Waals surface area (Å²) >= 11 is 0. The second kappa shape index (κ2) is 8.64. The average molecular weight is 332 g/mol. The molecule has 0 bridgehead atoms. The van der Waals surface area contributed by atoms with Crippen LogP contribution in [0.2, 0.25) is 0 Å². The van der Waals surface area contributed by atoms with Gasteiger partial charge in [0.05, 0.1) is 7.11 Å². The van der Waals surface area contributed by atoms with Gasteiger partial charge in [0.2, 0.25) is 0 Å². The molecule has 0 radical (unpaired) electrons. The van der Waals surface area contributed by atoms with Crippen LogP contribution >= 0.6 is 0 Å². The number of pyridine rings is 1. The van der Waals surface area contributed by atoms with Crippen LogP contribution in [0.15, 0.2) is 84.3 Å². The molecule has 0 N–H and O–H groups in total. The van der Waals surface area contributed by atoms with Gasteiger partial charge in [0.25, 0.3) is 0 Å². The van der Waals surface area contributed by atoms with E-state index in [2.05, 4.69) is 10.1 Å². The second-order valence-electron chi connectivity index (χ2n) is 5.44. The topological polar surface area (TPSA) is 43.7 Å². The van der Waals surface area contributed by atoms with Crippen molar-refractivity contribution in [3.63, 3.8) is 0 Å². The third kappa shape index (κ3) is 4.44. The monoisotopic (exact) mass is 332 g/mol. The first-order valence-corrected chi connectivity index (χ1v) is 8.16. The van der Waals surface area contributed by atoms with Crippen LogP contribution in [0.3, 0.4) is 0 Å². The number of aromatic nitrogens is 1. The lowest BCUT2D eigenvalue weighted by molar-refractivity contribution is 0.147. The van der Waals surface area contributed by atoms with Crippen LogP contribution in [0.1, 0.15) is 16.7 Å². The van der Waals surface area contributed by atoms with Crippen molar-refractivity contribution in [2.75, 3.05) is 13.7 Å². The Morgan fingerprint density at radius 3 is 2.44 bits per heavy atom. The summed E-state index contributed by atoms with van der Waals surface area (Å²) in [6, 6.07) is 21.8. The van der Waals surface area contributed by atoms with E-state index in [0.29, 0.717) is 6.61 Å². The summed E-state index contributed by atoms with van der Waals surface area (Å²) in [6.45, 7) is 0.469. The van der Waals surface area contributed by atoms with Crippen LogP contribution in [0, 0.1) is 0 Å². The van der Waals surface area contributed by atoms with Gasteiger partial charge in [-0.25, -0.2) is 0 Å². The van der Waals surface area contributed by atoms with Crippen LogP contribution in [-0.4, -0.2) is 24.4 Å². The third-order valence-corrected chi connectivity index (χ3v) is 3.79. The minimum atomic E-state index is 0.469. The SMILES string of the molecule is COc1ccccc1CCON=C(c1ccccc1)c1cccnc1. The Labute approximate surface area is 147 Å². The molecule has 3 aromatic rings. The molecule has 0 saturated carbocycles. The van der Waals surface area contributed by atoms with Crippen molar-refractivity contribution in [1.29, 1.82) is 0 Å². The van der Waals surface area contributed by atoms with Crippen molar-refractivity contribution < 1.29 is 9.57 Å². The van der Waals surface area contributed by atoms with Crippen molar-refractivity contribution in [2.45, 2.75) is 6.42 Å². The molecule has 4 heteroatoms. The molecule has 0 amide bonds. The van der Waals surface area contributed by atoms with E-state index >= 15 is 0 Å². The molecule has 0 saturated heterocycles. The fraction of sp³-hybridized carbons (Fsp3) is 0.143. The van der Waals surface area contributed by atoms with Crippen molar-refractivity contribution in [1.82, 2.24) is 4.98 Å². The molecular weight excluding hydrogens is 312 g/mol. The van der Waals surface area contributed by atoms with E-state index in [1.54, 1.807) is 19.5 Å². The normalized spacial score (nSPS) is 11.2. The number of methoxy groups -OCH3 is 1. The smallest absolute Gasteiger partial charge is 0.122 e. The zero-order valence-electron chi connectivity index (χ0n) is 14.1. The average Bonchev–Trinajstić information content (AvgIpc) is 2.69. The summed E-state index contributed by atoms with van der Waals surface area (Å²) in [4.78, 5) is 9.79. The highest BCUT2D eigenvalue weighted by Gasteiger charge is 2.08. The fourth-order valence-corrected chi connectivity index (χ4v) is 2.55. The van der Waals surface area contributed by atoms with E-state index in [9.17, 15) is 0 Å². The molecular formula is C21H20N2O2. The van der Waals surface area contributed by atoms with Gasteiger partial charge in [-0.05, 0) is 23.8 Å². The minimum Gasteiger partial charge on any atom is -0.496 e. The number of nitrogens with zero attached hydrogens (tertiary/aromatic N) is 2. The molecule has 0 aliphatic rings. The summed E-state index contributed by atoms with van der Waals surface area (Å²) in [5.41, 5.74) is 3.79. The Morgan fingerprint density at radius 2 is 1.68 bits per heavy atom. The molecule has 0 atom stereocenters. The van der Waals surface area contributed by atoms with Crippen LogP contribution in [0.5, 0.6) is 5.75 Å². The summed E-state index contributed by atoms with van der Waals surface area (Å²) in [6.07, 6.45) is 4.26. The molecule has 1 aromatic heterocycles. The van der Waals surface area contributed by atoms with Crippen LogP contribution < -0.4 is 4.74 Å². The highest BCUT2D eigenvalue weighted by Crippen LogP contribution is 2.18. The Morgan fingerprint density at radius 1 is 0.920 bits per heavy atom. The molecule has 25 heavy (non-hydrogen) atoms. The zero-order chi connectivity index (χ0) is 17.3. The lowest BCUT2D eigenvalue weighted by Gasteiger charge is -2.09. The highest BCUT2D eigenvalue weighted by atomic mass is 16.6. The Kier molecular flexibility index (Phi) is 5.77. The van der Waals surface area contributed by atoms with Crippen LogP contribution in [0.25, 0.3) is 0 Å². The molecule has 0 unspecified atom stereocenters. The first kappa shape index (κ1) is 16.7. The van der Waals surface area contributed by atoms with E-state index < -0.39 is 0 Å². The number of rotatable bonds is 7. The summed E-state index contributed by atoms with van der Waals surface area (Å²) in [5, 5.41) is 4.37. The Bertz CT molecular complexity index is 776. The van der Waals surface area contributed by atoms with Crippen LogP contribution in [-0.2, 0) is 11.3 Å². The van der Waals surface area contributed by atoms with Crippen LogP contribution in [0.4, 0.5) is 0 Å². The highest BCUT2D eigenvalue weighted by molar-refractivity contribution is 6.12. The van der Waals surface area contributed by atoms with E-state index in [1.807, 2.05) is 66.7 Å². The van der Waals surface area contributed by atoms with Gasteiger partial charge in [-0.2, -0.15) is 0 Å². The van der Waals surface area contributed by atoms with E-state index in [-0.39, 0.29) is 0 Å². The lowest BCUT2D eigenvalue weighted by atomic mass is 10.0. The van der Waals surface area contributed by atoms with Gasteiger partial charge in [0, 0.05) is 29.9 Å². The zero-order valence-corrected chi connectivity index (χ0v) is 14.1. The maximum absolute atomic E-state index is 5.61. The van der Waals surface area contributed by atoms with Gasteiger partial charge < -0.3 is 9.57 Å². The molecule has 2 aromatic carbocycles. The number of para-hydroxylation sites is 1. The molecule has 0 aliphatic carbocycles. The van der Waals surface area contributed by atoms with Crippen molar-refractivity contribution >= 4 is 5.71 Å².